The molecule has 0 saturated carbocycles. The molecule has 1 unspecified atom stereocenters. The van der Waals surface area contributed by atoms with Crippen molar-refractivity contribution in [1.82, 2.24) is 5.32 Å². The molecular weight excluding hydrogens is 215 g/mol. The fraction of sp³-hybridized carbons (Fsp3) is 0.875. The van der Waals surface area contributed by atoms with Crippen LogP contribution >= 0.6 is 11.8 Å². The van der Waals surface area contributed by atoms with E-state index in [1.54, 1.807) is 11.8 Å². The number of hydrogen-bond donors (Lipinski definition) is 1. The van der Waals surface area contributed by atoms with Gasteiger partial charge in [-0.15, -0.1) is 0 Å². The van der Waals surface area contributed by atoms with Crippen LogP contribution < -0.4 is 5.32 Å². The van der Waals surface area contributed by atoms with Gasteiger partial charge in [0.1, 0.15) is 0 Å². The van der Waals surface area contributed by atoms with Gasteiger partial charge in [0.2, 0.25) is 0 Å². The van der Waals surface area contributed by atoms with Crippen molar-refractivity contribution in [2.45, 2.75) is 30.7 Å². The largest absolute Gasteiger partial charge is 0.471 e. The van der Waals surface area contributed by atoms with Crippen molar-refractivity contribution < 1.29 is 18.0 Å². The molecule has 0 spiro atoms. The molecule has 1 saturated heterocycles. The van der Waals surface area contributed by atoms with E-state index in [1.165, 1.54) is 0 Å². The number of carbonyl (C=O) groups is 1. The molecular formula is C8H12F3NOS. The van der Waals surface area contributed by atoms with Crippen molar-refractivity contribution in [1.29, 1.82) is 0 Å². The maximum Gasteiger partial charge on any atom is 0.471 e. The van der Waals surface area contributed by atoms with Crippen molar-refractivity contribution >= 4 is 17.7 Å². The number of halogens is 3. The third-order valence-electron chi connectivity index (χ3n) is 2.02. The molecule has 1 amide bonds. The summed E-state index contributed by atoms with van der Waals surface area (Å²) in [5.41, 5.74) is 0. The van der Waals surface area contributed by atoms with Crippen LogP contribution in [0.25, 0.3) is 0 Å². The number of rotatable bonds is 2. The summed E-state index contributed by atoms with van der Waals surface area (Å²) in [6, 6.07) is 0. The molecule has 1 fully saturated rings. The molecule has 2 nitrogen and oxygen atoms in total. The molecule has 0 bridgehead atoms. The zero-order chi connectivity index (χ0) is 10.6. The minimum Gasteiger partial charge on any atom is -0.347 e. The van der Waals surface area contributed by atoms with Crippen molar-refractivity contribution in [2.75, 3.05) is 12.3 Å². The van der Waals surface area contributed by atoms with Crippen molar-refractivity contribution in [3.8, 4) is 0 Å². The molecule has 1 aliphatic heterocycles. The summed E-state index contributed by atoms with van der Waals surface area (Å²) in [4.78, 5) is 10.5. The highest BCUT2D eigenvalue weighted by atomic mass is 32.2. The first kappa shape index (κ1) is 11.7. The second-order valence-corrected chi connectivity index (χ2v) is 4.60. The predicted octanol–water partition coefficient (Wildman–Crippen LogP) is 1.95. The van der Waals surface area contributed by atoms with Crippen molar-refractivity contribution in [3.63, 3.8) is 0 Å². The lowest BCUT2D eigenvalue weighted by Gasteiger charge is -2.21. The highest BCUT2D eigenvalue weighted by molar-refractivity contribution is 7.99. The van der Waals surface area contributed by atoms with Gasteiger partial charge in [0.25, 0.3) is 0 Å². The summed E-state index contributed by atoms with van der Waals surface area (Å²) < 4.78 is 35.4. The van der Waals surface area contributed by atoms with Crippen LogP contribution in [0, 0.1) is 0 Å². The Morgan fingerprint density at radius 1 is 1.43 bits per heavy atom. The lowest BCUT2D eigenvalue weighted by atomic mass is 10.2. The fourth-order valence-electron chi connectivity index (χ4n) is 1.28. The lowest BCUT2D eigenvalue weighted by Crippen LogP contribution is -2.40. The Bertz CT molecular complexity index is 201. The third kappa shape index (κ3) is 3.77. The number of nitrogens with one attached hydrogen (secondary N) is 1. The number of thioether (sulfide) groups is 1. The second kappa shape index (κ2) is 4.91. The van der Waals surface area contributed by atoms with E-state index >= 15 is 0 Å². The quantitative estimate of drug-likeness (QED) is 0.781. The van der Waals surface area contributed by atoms with Crippen LogP contribution in [-0.2, 0) is 4.79 Å². The Labute approximate surface area is 84.6 Å². The van der Waals surface area contributed by atoms with Crippen molar-refractivity contribution in [3.05, 3.63) is 0 Å². The predicted molar refractivity (Wildman–Crippen MR) is 49.2 cm³/mol. The number of carbonyl (C=O) groups excluding carboxylic acids is 1. The molecule has 1 N–H and O–H groups in total. The zero-order valence-electron chi connectivity index (χ0n) is 7.56. The average Bonchev–Trinajstić information content (AvgIpc) is 2.14. The Morgan fingerprint density at radius 2 is 2.14 bits per heavy atom. The van der Waals surface area contributed by atoms with Gasteiger partial charge in [0.05, 0.1) is 0 Å². The maximum absolute atomic E-state index is 11.8. The molecule has 6 heteroatoms. The summed E-state index contributed by atoms with van der Waals surface area (Å²) in [6.45, 7) is 0.128. The summed E-state index contributed by atoms with van der Waals surface area (Å²) >= 11 is 1.63. The standard InChI is InChI=1S/C8H12F3NOS/c9-8(10,11)7(13)12-5-6-3-1-2-4-14-6/h6H,1-5H2,(H,12,13). The Balaban J connectivity index is 2.22. The van der Waals surface area contributed by atoms with Crippen molar-refractivity contribution in [2.24, 2.45) is 0 Å². The molecule has 1 heterocycles. The number of alkyl halides is 3. The van der Waals surface area contributed by atoms with Gasteiger partial charge >= 0.3 is 12.1 Å². The van der Waals surface area contributed by atoms with Crippen LogP contribution in [0.2, 0.25) is 0 Å². The molecule has 1 aliphatic rings. The van der Waals surface area contributed by atoms with E-state index in [1.807, 2.05) is 5.32 Å². The first-order chi connectivity index (χ1) is 6.50. The first-order valence-electron chi connectivity index (χ1n) is 4.47. The summed E-state index contributed by atoms with van der Waals surface area (Å²) in [6.07, 6.45) is -1.70. The minimum atomic E-state index is -4.75. The normalized spacial score (nSPS) is 23.2. The molecule has 1 rings (SSSR count). The van der Waals surface area contributed by atoms with Crippen LogP contribution in [0.15, 0.2) is 0 Å². The zero-order valence-corrected chi connectivity index (χ0v) is 8.38. The van der Waals surface area contributed by atoms with Gasteiger partial charge in [-0.25, -0.2) is 0 Å². The topological polar surface area (TPSA) is 29.1 Å². The summed E-state index contributed by atoms with van der Waals surface area (Å²) in [5.74, 6) is -0.851. The van der Waals surface area contributed by atoms with Crippen LogP contribution in [0.4, 0.5) is 13.2 Å². The van der Waals surface area contributed by atoms with Gasteiger partial charge in [0.15, 0.2) is 0 Å². The monoisotopic (exact) mass is 227 g/mol. The Kier molecular flexibility index (Phi) is 4.10. The molecule has 0 aromatic heterocycles. The van der Waals surface area contributed by atoms with Crippen LogP contribution in [0.5, 0.6) is 0 Å². The van der Waals surface area contributed by atoms with E-state index in [-0.39, 0.29) is 11.8 Å². The van der Waals surface area contributed by atoms with Crippen LogP contribution in [0.1, 0.15) is 19.3 Å². The average molecular weight is 227 g/mol. The van der Waals surface area contributed by atoms with E-state index in [2.05, 4.69) is 0 Å². The van der Waals surface area contributed by atoms with Crippen LogP contribution in [0.3, 0.4) is 0 Å². The molecule has 14 heavy (non-hydrogen) atoms. The number of amides is 1. The number of hydrogen-bond acceptors (Lipinski definition) is 2. The summed E-state index contributed by atoms with van der Waals surface area (Å²) in [5, 5.41) is 2.06. The first-order valence-corrected chi connectivity index (χ1v) is 5.51. The third-order valence-corrected chi connectivity index (χ3v) is 3.42. The lowest BCUT2D eigenvalue weighted by molar-refractivity contribution is -0.173. The van der Waals surface area contributed by atoms with Gasteiger partial charge < -0.3 is 5.32 Å². The minimum absolute atomic E-state index is 0.128. The smallest absolute Gasteiger partial charge is 0.347 e. The molecule has 82 valence electrons. The molecule has 0 radical (unpaired) electrons. The SMILES string of the molecule is O=C(NCC1CCCCS1)C(F)(F)F. The molecule has 1 atom stereocenters. The molecule has 0 aromatic carbocycles. The second-order valence-electron chi connectivity index (χ2n) is 3.20. The fourth-order valence-corrected chi connectivity index (χ4v) is 2.51. The van der Waals surface area contributed by atoms with E-state index < -0.39 is 12.1 Å². The maximum atomic E-state index is 11.8. The molecule has 0 aromatic rings. The summed E-state index contributed by atoms with van der Waals surface area (Å²) in [7, 11) is 0. The highest BCUT2D eigenvalue weighted by Crippen LogP contribution is 2.24. The van der Waals surface area contributed by atoms with E-state index in [0.717, 1.165) is 25.0 Å². The van der Waals surface area contributed by atoms with Gasteiger partial charge in [-0.05, 0) is 18.6 Å². The Morgan fingerprint density at radius 3 is 2.64 bits per heavy atom. The Hall–Kier alpha value is -0.390. The van der Waals surface area contributed by atoms with Gasteiger partial charge in [-0.2, -0.15) is 24.9 Å². The van der Waals surface area contributed by atoms with Gasteiger partial charge in [-0.1, -0.05) is 6.42 Å². The van der Waals surface area contributed by atoms with E-state index in [4.69, 9.17) is 0 Å². The van der Waals surface area contributed by atoms with E-state index in [9.17, 15) is 18.0 Å². The van der Waals surface area contributed by atoms with E-state index in [0.29, 0.717) is 0 Å². The molecule has 0 aliphatic carbocycles. The van der Waals surface area contributed by atoms with Gasteiger partial charge in [0, 0.05) is 11.8 Å². The van der Waals surface area contributed by atoms with Crippen LogP contribution in [-0.4, -0.2) is 29.6 Å². The van der Waals surface area contributed by atoms with Gasteiger partial charge in [-0.3, -0.25) is 4.79 Å². The highest BCUT2D eigenvalue weighted by Gasteiger charge is 2.38.